The number of alkyl halides is 4. The molecule has 0 aliphatic carbocycles. The van der Waals surface area contributed by atoms with Crippen molar-refractivity contribution in [2.24, 2.45) is 0 Å². The standard InChI is InChI=1S/C17H16F5NO3/c1-3-26-16(25)9-15(23-10(2)24)14(19)7-5-11-4-6-13(18)12(8-11)17(20,21)22/h4,6,8,14-15H,3,9H2,1-2H3,(H,23,24)/t14-,15+/m1/s1. The Morgan fingerprint density at radius 2 is 1.96 bits per heavy atom. The molecule has 0 heterocycles. The van der Waals surface area contributed by atoms with Gasteiger partial charge in [0.05, 0.1) is 24.6 Å². The average Bonchev–Trinajstić information content (AvgIpc) is 2.51. The molecular formula is C17H16F5NO3. The molecule has 2 atom stereocenters. The summed E-state index contributed by atoms with van der Waals surface area (Å²) in [6, 6.07) is 0.655. The van der Waals surface area contributed by atoms with Crippen molar-refractivity contribution in [3.8, 4) is 11.8 Å². The summed E-state index contributed by atoms with van der Waals surface area (Å²) in [5, 5.41) is 2.19. The molecule has 1 rings (SSSR count). The summed E-state index contributed by atoms with van der Waals surface area (Å²) in [6.07, 6.45) is -7.47. The first-order valence-electron chi connectivity index (χ1n) is 7.49. The van der Waals surface area contributed by atoms with Gasteiger partial charge in [-0.25, -0.2) is 8.78 Å². The molecule has 0 saturated heterocycles. The predicted octanol–water partition coefficient (Wildman–Crippen LogP) is 2.99. The van der Waals surface area contributed by atoms with Crippen LogP contribution in [0, 0.1) is 17.7 Å². The number of benzene rings is 1. The second-order valence-electron chi connectivity index (χ2n) is 5.18. The smallest absolute Gasteiger partial charge is 0.419 e. The highest BCUT2D eigenvalue weighted by molar-refractivity contribution is 5.75. The van der Waals surface area contributed by atoms with Crippen molar-refractivity contribution in [2.75, 3.05) is 6.61 Å². The second kappa shape index (κ2) is 9.17. The fourth-order valence-electron chi connectivity index (χ4n) is 1.96. The Bertz CT molecular complexity index is 721. The van der Waals surface area contributed by atoms with E-state index >= 15 is 0 Å². The molecule has 0 aromatic heterocycles. The zero-order chi connectivity index (χ0) is 19.9. The molecule has 0 bridgehead atoms. The highest BCUT2D eigenvalue weighted by Crippen LogP contribution is 2.31. The summed E-state index contributed by atoms with van der Waals surface area (Å²) in [7, 11) is 0. The monoisotopic (exact) mass is 377 g/mol. The van der Waals surface area contributed by atoms with E-state index in [1.165, 1.54) is 0 Å². The first-order valence-corrected chi connectivity index (χ1v) is 7.49. The summed E-state index contributed by atoms with van der Waals surface area (Å²) >= 11 is 0. The fraction of sp³-hybridized carbons (Fsp3) is 0.412. The lowest BCUT2D eigenvalue weighted by molar-refractivity contribution is -0.144. The number of carbonyl (C=O) groups excluding carboxylic acids is 2. The largest absolute Gasteiger partial charge is 0.466 e. The van der Waals surface area contributed by atoms with Gasteiger partial charge in [0.1, 0.15) is 5.82 Å². The number of hydrogen-bond donors (Lipinski definition) is 1. The highest BCUT2D eigenvalue weighted by Gasteiger charge is 2.34. The van der Waals surface area contributed by atoms with Crippen LogP contribution in [0.25, 0.3) is 0 Å². The van der Waals surface area contributed by atoms with Gasteiger partial charge in [0.25, 0.3) is 0 Å². The van der Waals surface area contributed by atoms with Crippen molar-refractivity contribution < 1.29 is 36.3 Å². The van der Waals surface area contributed by atoms with Gasteiger partial charge in [-0.05, 0) is 25.1 Å². The summed E-state index contributed by atoms with van der Waals surface area (Å²) < 4.78 is 70.1. The Morgan fingerprint density at radius 3 is 2.50 bits per heavy atom. The van der Waals surface area contributed by atoms with Crippen LogP contribution in [0.3, 0.4) is 0 Å². The van der Waals surface area contributed by atoms with E-state index in [0.29, 0.717) is 12.1 Å². The van der Waals surface area contributed by atoms with E-state index in [2.05, 4.69) is 16.0 Å². The van der Waals surface area contributed by atoms with Crippen LogP contribution in [-0.2, 0) is 20.5 Å². The molecule has 1 aromatic rings. The SMILES string of the molecule is CCOC(=O)C[C@H](NC(C)=O)[C@H](F)C#Cc1ccc(F)c(C(F)(F)F)c1. The minimum absolute atomic E-state index is 0.0596. The Morgan fingerprint density at radius 1 is 1.31 bits per heavy atom. The van der Waals surface area contributed by atoms with E-state index in [1.54, 1.807) is 6.92 Å². The van der Waals surface area contributed by atoms with Crippen LogP contribution in [-0.4, -0.2) is 30.7 Å². The second-order valence-corrected chi connectivity index (χ2v) is 5.18. The number of carbonyl (C=O) groups is 2. The Balaban J connectivity index is 3.01. The topological polar surface area (TPSA) is 55.4 Å². The van der Waals surface area contributed by atoms with Crippen LogP contribution in [0.2, 0.25) is 0 Å². The molecule has 1 amide bonds. The molecule has 1 N–H and O–H groups in total. The third-order valence-electron chi connectivity index (χ3n) is 3.06. The summed E-state index contributed by atoms with van der Waals surface area (Å²) in [6.45, 7) is 2.71. The Kier molecular flexibility index (Phi) is 7.56. The zero-order valence-electron chi connectivity index (χ0n) is 13.9. The van der Waals surface area contributed by atoms with Gasteiger partial charge in [-0.1, -0.05) is 11.8 Å². The molecule has 0 radical (unpaired) electrons. The van der Waals surface area contributed by atoms with E-state index < -0.39 is 48.1 Å². The number of rotatable bonds is 5. The van der Waals surface area contributed by atoms with Crippen LogP contribution < -0.4 is 5.32 Å². The number of hydrogen-bond acceptors (Lipinski definition) is 3. The summed E-state index contributed by atoms with van der Waals surface area (Å²) in [4.78, 5) is 22.6. The van der Waals surface area contributed by atoms with Gasteiger partial charge < -0.3 is 10.1 Å². The van der Waals surface area contributed by atoms with E-state index in [4.69, 9.17) is 0 Å². The highest BCUT2D eigenvalue weighted by atomic mass is 19.4. The van der Waals surface area contributed by atoms with Gasteiger partial charge in [-0.15, -0.1) is 0 Å². The normalized spacial score (nSPS) is 13.2. The third kappa shape index (κ3) is 6.70. The number of esters is 1. The molecule has 0 unspecified atom stereocenters. The van der Waals surface area contributed by atoms with Gasteiger partial charge in [0.15, 0.2) is 6.17 Å². The maximum absolute atomic E-state index is 14.2. The fourth-order valence-corrected chi connectivity index (χ4v) is 1.96. The lowest BCUT2D eigenvalue weighted by atomic mass is 10.1. The van der Waals surface area contributed by atoms with Gasteiger partial charge >= 0.3 is 12.1 Å². The molecule has 0 aliphatic rings. The Hall–Kier alpha value is -2.63. The summed E-state index contributed by atoms with van der Waals surface area (Å²) in [5.41, 5.74) is -1.79. The third-order valence-corrected chi connectivity index (χ3v) is 3.06. The maximum Gasteiger partial charge on any atom is 0.419 e. The van der Waals surface area contributed by atoms with E-state index in [0.717, 1.165) is 13.0 Å². The number of amides is 1. The molecule has 9 heteroatoms. The molecule has 0 fully saturated rings. The quantitative estimate of drug-likeness (QED) is 0.488. The van der Waals surface area contributed by atoms with E-state index in [1.807, 2.05) is 5.92 Å². The first-order chi connectivity index (χ1) is 12.0. The van der Waals surface area contributed by atoms with Crippen molar-refractivity contribution >= 4 is 11.9 Å². The minimum atomic E-state index is -4.92. The van der Waals surface area contributed by atoms with Crippen molar-refractivity contribution in [2.45, 2.75) is 38.7 Å². The first kappa shape index (κ1) is 21.4. The number of halogens is 5. The number of nitrogens with one attached hydrogen (secondary N) is 1. The van der Waals surface area contributed by atoms with Crippen LogP contribution in [0.15, 0.2) is 18.2 Å². The summed E-state index contributed by atoms with van der Waals surface area (Å²) in [5.74, 6) is 1.31. The van der Waals surface area contributed by atoms with Gasteiger partial charge in [0.2, 0.25) is 5.91 Å². The minimum Gasteiger partial charge on any atom is -0.466 e. The van der Waals surface area contributed by atoms with E-state index in [9.17, 15) is 31.5 Å². The lowest BCUT2D eigenvalue weighted by Gasteiger charge is -2.17. The van der Waals surface area contributed by atoms with Crippen molar-refractivity contribution in [1.82, 2.24) is 5.32 Å². The van der Waals surface area contributed by atoms with Crippen LogP contribution in [0.4, 0.5) is 22.0 Å². The van der Waals surface area contributed by atoms with Gasteiger partial charge in [-0.2, -0.15) is 13.2 Å². The lowest BCUT2D eigenvalue weighted by Crippen LogP contribution is -2.41. The van der Waals surface area contributed by atoms with Crippen molar-refractivity contribution in [1.29, 1.82) is 0 Å². The molecule has 0 aliphatic heterocycles. The van der Waals surface area contributed by atoms with Crippen molar-refractivity contribution in [3.63, 3.8) is 0 Å². The maximum atomic E-state index is 14.2. The van der Waals surface area contributed by atoms with Crippen LogP contribution >= 0.6 is 0 Å². The van der Waals surface area contributed by atoms with Gasteiger partial charge in [0, 0.05) is 12.5 Å². The molecule has 142 valence electrons. The molecule has 0 spiro atoms. The van der Waals surface area contributed by atoms with Gasteiger partial charge in [-0.3, -0.25) is 9.59 Å². The molecular weight excluding hydrogens is 361 g/mol. The zero-order valence-corrected chi connectivity index (χ0v) is 13.9. The number of ether oxygens (including phenoxy) is 1. The molecule has 4 nitrogen and oxygen atoms in total. The average molecular weight is 377 g/mol. The van der Waals surface area contributed by atoms with E-state index in [-0.39, 0.29) is 12.2 Å². The van der Waals surface area contributed by atoms with Crippen molar-refractivity contribution in [3.05, 3.63) is 35.1 Å². The van der Waals surface area contributed by atoms with Crippen LogP contribution in [0.5, 0.6) is 0 Å². The molecule has 26 heavy (non-hydrogen) atoms. The Labute approximate surface area is 146 Å². The van der Waals surface area contributed by atoms with Crippen LogP contribution in [0.1, 0.15) is 31.4 Å². The predicted molar refractivity (Wildman–Crippen MR) is 82.0 cm³/mol. The molecule has 0 saturated carbocycles. The molecule has 1 aromatic carbocycles.